The quantitative estimate of drug-likeness (QED) is 0.896. The van der Waals surface area contributed by atoms with Crippen LogP contribution in [0.4, 0.5) is 8.78 Å². The largest absolute Gasteiger partial charge is 0.586 e. The molecule has 7 heteroatoms. The summed E-state index contributed by atoms with van der Waals surface area (Å²) in [5.41, 5.74) is 6.39. The van der Waals surface area contributed by atoms with Gasteiger partial charge in [-0.1, -0.05) is 19.4 Å². The molecule has 0 amide bonds. The SMILES string of the molecule is CCC[C@H](O)[C@H](N)c1ccc2c(c1)OC(F)(F)O2.Cl. The number of aliphatic hydroxyl groups is 1. The predicted octanol–water partition coefficient (Wildman–Crippen LogP) is 2.59. The van der Waals surface area contributed by atoms with E-state index in [0.29, 0.717) is 12.0 Å². The van der Waals surface area contributed by atoms with Crippen LogP contribution in [0.2, 0.25) is 0 Å². The zero-order chi connectivity index (χ0) is 13.3. The molecule has 0 bridgehead atoms. The molecule has 1 aliphatic rings. The number of hydrogen-bond donors (Lipinski definition) is 2. The second kappa shape index (κ2) is 5.90. The van der Waals surface area contributed by atoms with Crippen LogP contribution in [0.15, 0.2) is 18.2 Å². The van der Waals surface area contributed by atoms with Crippen LogP contribution in [0.1, 0.15) is 31.4 Å². The lowest BCUT2D eigenvalue weighted by atomic mass is 9.99. The van der Waals surface area contributed by atoms with Crippen molar-refractivity contribution in [3.63, 3.8) is 0 Å². The number of rotatable bonds is 4. The van der Waals surface area contributed by atoms with Gasteiger partial charge in [0.2, 0.25) is 0 Å². The third-order valence-corrected chi connectivity index (χ3v) is 2.81. The maximum atomic E-state index is 12.8. The van der Waals surface area contributed by atoms with Gasteiger partial charge in [0.05, 0.1) is 12.1 Å². The number of halogens is 3. The van der Waals surface area contributed by atoms with Crippen molar-refractivity contribution in [3.05, 3.63) is 23.8 Å². The Bertz CT molecular complexity index is 445. The van der Waals surface area contributed by atoms with E-state index in [1.165, 1.54) is 12.1 Å². The third-order valence-electron chi connectivity index (χ3n) is 2.81. The second-order valence-corrected chi connectivity index (χ2v) is 4.26. The summed E-state index contributed by atoms with van der Waals surface area (Å²) in [6.45, 7) is 1.93. The van der Waals surface area contributed by atoms with E-state index in [0.717, 1.165) is 6.42 Å². The minimum atomic E-state index is -3.63. The van der Waals surface area contributed by atoms with E-state index in [1.54, 1.807) is 6.07 Å². The number of ether oxygens (including phenoxy) is 2. The molecule has 0 saturated heterocycles. The number of fused-ring (bicyclic) bond motifs is 1. The first-order valence-electron chi connectivity index (χ1n) is 5.76. The molecule has 0 fully saturated rings. The highest BCUT2D eigenvalue weighted by Gasteiger charge is 2.43. The number of hydrogen-bond acceptors (Lipinski definition) is 4. The van der Waals surface area contributed by atoms with E-state index >= 15 is 0 Å². The molecular formula is C12H16ClF2NO3. The van der Waals surface area contributed by atoms with Crippen LogP contribution in [-0.4, -0.2) is 17.5 Å². The second-order valence-electron chi connectivity index (χ2n) is 4.26. The summed E-state index contributed by atoms with van der Waals surface area (Å²) in [6.07, 6.45) is -3.01. The average Bonchev–Trinajstić information content (AvgIpc) is 2.60. The molecule has 2 rings (SSSR count). The summed E-state index contributed by atoms with van der Waals surface area (Å²) < 4.78 is 34.3. The molecule has 0 aliphatic carbocycles. The number of nitrogens with two attached hydrogens (primary N) is 1. The summed E-state index contributed by atoms with van der Waals surface area (Å²) >= 11 is 0. The normalized spacial score (nSPS) is 18.6. The lowest BCUT2D eigenvalue weighted by molar-refractivity contribution is -0.286. The van der Waals surface area contributed by atoms with Gasteiger partial charge in [0.15, 0.2) is 11.5 Å². The molecule has 0 radical (unpaired) electrons. The van der Waals surface area contributed by atoms with E-state index in [1.807, 2.05) is 6.92 Å². The highest BCUT2D eigenvalue weighted by atomic mass is 35.5. The van der Waals surface area contributed by atoms with Gasteiger partial charge in [0, 0.05) is 0 Å². The molecule has 0 unspecified atom stereocenters. The van der Waals surface area contributed by atoms with Gasteiger partial charge in [-0.25, -0.2) is 0 Å². The molecule has 108 valence electrons. The van der Waals surface area contributed by atoms with Crippen molar-refractivity contribution in [1.29, 1.82) is 0 Å². The van der Waals surface area contributed by atoms with E-state index in [9.17, 15) is 13.9 Å². The van der Waals surface area contributed by atoms with Gasteiger partial charge in [0.1, 0.15) is 0 Å². The van der Waals surface area contributed by atoms with Crippen molar-refractivity contribution < 1.29 is 23.4 Å². The summed E-state index contributed by atoms with van der Waals surface area (Å²) in [5.74, 6) is -0.0856. The van der Waals surface area contributed by atoms with Gasteiger partial charge in [-0.05, 0) is 24.1 Å². The van der Waals surface area contributed by atoms with Gasteiger partial charge < -0.3 is 20.3 Å². The molecule has 1 aliphatic heterocycles. The molecule has 1 aromatic rings. The molecule has 0 saturated carbocycles. The van der Waals surface area contributed by atoms with Crippen LogP contribution in [0.25, 0.3) is 0 Å². The van der Waals surface area contributed by atoms with Crippen molar-refractivity contribution in [2.45, 2.75) is 38.2 Å². The van der Waals surface area contributed by atoms with Crippen molar-refractivity contribution in [3.8, 4) is 11.5 Å². The number of benzene rings is 1. The fraction of sp³-hybridized carbons (Fsp3) is 0.500. The molecule has 0 aromatic heterocycles. The molecule has 1 heterocycles. The Balaban J connectivity index is 0.00000180. The third kappa shape index (κ3) is 3.46. The van der Waals surface area contributed by atoms with Gasteiger partial charge in [0.25, 0.3) is 0 Å². The fourth-order valence-corrected chi connectivity index (χ4v) is 1.87. The first-order valence-corrected chi connectivity index (χ1v) is 5.76. The highest BCUT2D eigenvalue weighted by molar-refractivity contribution is 5.85. The number of alkyl halides is 2. The van der Waals surface area contributed by atoms with Gasteiger partial charge in [-0.2, -0.15) is 0 Å². The predicted molar refractivity (Wildman–Crippen MR) is 67.7 cm³/mol. The minimum absolute atomic E-state index is 0. The summed E-state index contributed by atoms with van der Waals surface area (Å²) in [5, 5.41) is 9.78. The van der Waals surface area contributed by atoms with Crippen molar-refractivity contribution in [2.75, 3.05) is 0 Å². The highest BCUT2D eigenvalue weighted by Crippen LogP contribution is 2.42. The van der Waals surface area contributed by atoms with Gasteiger partial charge in [-0.3, -0.25) is 0 Å². The lowest BCUT2D eigenvalue weighted by Gasteiger charge is -2.18. The van der Waals surface area contributed by atoms with E-state index in [2.05, 4.69) is 9.47 Å². The van der Waals surface area contributed by atoms with Crippen LogP contribution in [0.5, 0.6) is 11.5 Å². The van der Waals surface area contributed by atoms with E-state index in [4.69, 9.17) is 5.73 Å². The topological polar surface area (TPSA) is 64.7 Å². The molecule has 19 heavy (non-hydrogen) atoms. The Hall–Kier alpha value is -1.11. The molecule has 0 spiro atoms. The van der Waals surface area contributed by atoms with Crippen molar-refractivity contribution in [1.82, 2.24) is 0 Å². The monoisotopic (exact) mass is 295 g/mol. The molecule has 4 nitrogen and oxygen atoms in total. The van der Waals surface area contributed by atoms with E-state index in [-0.39, 0.29) is 23.9 Å². The van der Waals surface area contributed by atoms with Crippen molar-refractivity contribution in [2.24, 2.45) is 5.73 Å². The maximum absolute atomic E-state index is 12.8. The number of aliphatic hydroxyl groups excluding tert-OH is 1. The first-order chi connectivity index (χ1) is 8.43. The standard InChI is InChI=1S/C12H15F2NO3.ClH/c1-2-3-8(16)11(15)7-4-5-9-10(6-7)18-12(13,14)17-9;/h4-6,8,11,16H,2-3,15H2,1H3;1H/t8-,11+;/m0./s1. The first kappa shape index (κ1) is 15.9. The Kier molecular flexibility index (Phi) is 4.95. The fourth-order valence-electron chi connectivity index (χ4n) is 1.87. The Morgan fingerprint density at radius 3 is 2.58 bits per heavy atom. The molecule has 3 N–H and O–H groups in total. The lowest BCUT2D eigenvalue weighted by Crippen LogP contribution is -2.26. The molecular weight excluding hydrogens is 280 g/mol. The maximum Gasteiger partial charge on any atom is 0.586 e. The van der Waals surface area contributed by atoms with Crippen molar-refractivity contribution >= 4 is 12.4 Å². The van der Waals surface area contributed by atoms with E-state index < -0.39 is 18.4 Å². The molecule has 1 aromatic carbocycles. The Morgan fingerprint density at radius 2 is 1.95 bits per heavy atom. The zero-order valence-corrected chi connectivity index (χ0v) is 11.1. The summed E-state index contributed by atoms with van der Waals surface area (Å²) in [7, 11) is 0. The smallest absolute Gasteiger partial charge is 0.395 e. The summed E-state index contributed by atoms with van der Waals surface area (Å²) in [6, 6.07) is 3.66. The van der Waals surface area contributed by atoms with Crippen LogP contribution >= 0.6 is 12.4 Å². The van der Waals surface area contributed by atoms with Gasteiger partial charge in [-0.15, -0.1) is 21.2 Å². The average molecular weight is 296 g/mol. The van der Waals surface area contributed by atoms with Crippen LogP contribution in [-0.2, 0) is 0 Å². The zero-order valence-electron chi connectivity index (χ0n) is 10.3. The van der Waals surface area contributed by atoms with Crippen LogP contribution in [0.3, 0.4) is 0 Å². The van der Waals surface area contributed by atoms with Crippen LogP contribution in [0, 0.1) is 0 Å². The summed E-state index contributed by atoms with van der Waals surface area (Å²) in [4.78, 5) is 0. The minimum Gasteiger partial charge on any atom is -0.395 e. The van der Waals surface area contributed by atoms with Gasteiger partial charge >= 0.3 is 6.29 Å². The molecule has 2 atom stereocenters. The van der Waals surface area contributed by atoms with Crippen LogP contribution < -0.4 is 15.2 Å². The Labute approximate surface area is 115 Å². The Morgan fingerprint density at radius 1 is 1.32 bits per heavy atom.